The number of ether oxygens (including phenoxy) is 1. The van der Waals surface area contributed by atoms with Crippen LogP contribution in [0, 0.1) is 16.7 Å². The lowest BCUT2D eigenvalue weighted by Gasteiger charge is -2.14. The summed E-state index contributed by atoms with van der Waals surface area (Å²) in [6.45, 7) is 4.06. The summed E-state index contributed by atoms with van der Waals surface area (Å²) < 4.78 is 5.09. The molecule has 92 valence electrons. The molecule has 0 saturated heterocycles. The predicted molar refractivity (Wildman–Crippen MR) is 67.6 cm³/mol. The summed E-state index contributed by atoms with van der Waals surface area (Å²) in [6, 6.07) is 3.89. The molecule has 0 spiro atoms. The van der Waals surface area contributed by atoms with Crippen LogP contribution in [0.3, 0.4) is 0 Å². The van der Waals surface area contributed by atoms with Crippen LogP contribution >= 0.6 is 11.3 Å². The van der Waals surface area contributed by atoms with Gasteiger partial charge < -0.3 is 10.5 Å². The summed E-state index contributed by atoms with van der Waals surface area (Å²) in [7, 11) is 0. The second kappa shape index (κ2) is 5.69. The van der Waals surface area contributed by atoms with Gasteiger partial charge in [-0.15, -0.1) is 11.3 Å². The van der Waals surface area contributed by atoms with E-state index in [4.69, 9.17) is 15.7 Å². The van der Waals surface area contributed by atoms with Gasteiger partial charge in [0.15, 0.2) is 0 Å². The number of thiophene rings is 1. The van der Waals surface area contributed by atoms with Crippen molar-refractivity contribution < 1.29 is 9.53 Å². The first-order valence-corrected chi connectivity index (χ1v) is 6.25. The number of hydrogen-bond acceptors (Lipinski definition) is 5. The molecule has 1 aromatic rings. The van der Waals surface area contributed by atoms with Gasteiger partial charge in [0.25, 0.3) is 0 Å². The Morgan fingerprint density at radius 2 is 2.35 bits per heavy atom. The third-order valence-electron chi connectivity index (χ3n) is 2.36. The first-order chi connectivity index (χ1) is 7.96. The fourth-order valence-corrected chi connectivity index (χ4v) is 2.00. The van der Waals surface area contributed by atoms with Crippen molar-refractivity contribution in [3.63, 3.8) is 0 Å². The summed E-state index contributed by atoms with van der Waals surface area (Å²) in [5, 5.41) is 10.6. The number of rotatable bonds is 5. The monoisotopic (exact) mass is 252 g/mol. The van der Waals surface area contributed by atoms with Crippen LogP contribution in [-0.4, -0.2) is 12.6 Å². The Kier molecular flexibility index (Phi) is 4.53. The van der Waals surface area contributed by atoms with Crippen molar-refractivity contribution in [3.8, 4) is 6.07 Å². The molecule has 1 aromatic heterocycles. The lowest BCUT2D eigenvalue weighted by molar-refractivity contribution is 0.0498. The van der Waals surface area contributed by atoms with Gasteiger partial charge >= 0.3 is 5.97 Å². The summed E-state index contributed by atoms with van der Waals surface area (Å²) in [5.41, 5.74) is 5.69. The zero-order valence-electron chi connectivity index (χ0n) is 10.0. The Morgan fingerprint density at radius 3 is 2.88 bits per heavy atom. The number of carbonyl (C=O) groups is 1. The third kappa shape index (κ3) is 4.08. The molecule has 0 aromatic carbocycles. The minimum Gasteiger partial charge on any atom is -0.461 e. The Bertz CT molecular complexity index is 432. The van der Waals surface area contributed by atoms with Gasteiger partial charge in [-0.25, -0.2) is 4.79 Å². The number of hydrogen-bond donors (Lipinski definition) is 1. The van der Waals surface area contributed by atoms with Gasteiger partial charge in [0.05, 0.1) is 23.8 Å². The lowest BCUT2D eigenvalue weighted by Crippen LogP contribution is -2.11. The Balaban J connectivity index is 2.32. The Labute approximate surface area is 105 Å². The zero-order valence-corrected chi connectivity index (χ0v) is 10.8. The van der Waals surface area contributed by atoms with Crippen molar-refractivity contribution in [3.05, 3.63) is 16.3 Å². The maximum Gasteiger partial charge on any atom is 0.350 e. The molecule has 0 aliphatic rings. The number of nitrogens with two attached hydrogens (primary N) is 1. The van der Waals surface area contributed by atoms with Gasteiger partial charge in [-0.1, -0.05) is 0 Å². The minimum absolute atomic E-state index is 0.321. The molecule has 0 bridgehead atoms. The number of nitriles is 1. The van der Waals surface area contributed by atoms with Crippen molar-refractivity contribution in [2.24, 2.45) is 5.41 Å². The third-order valence-corrected chi connectivity index (χ3v) is 3.27. The molecular formula is C12H16N2O2S. The first kappa shape index (κ1) is 13.5. The molecule has 0 aliphatic carbocycles. The number of carbonyl (C=O) groups excluding carboxylic acids is 1. The summed E-state index contributed by atoms with van der Waals surface area (Å²) in [6.07, 6.45) is 1.38. The van der Waals surface area contributed by atoms with Crippen molar-refractivity contribution in [1.29, 1.82) is 5.26 Å². The van der Waals surface area contributed by atoms with E-state index in [1.807, 2.05) is 13.8 Å². The molecule has 0 amide bonds. The van der Waals surface area contributed by atoms with Crippen LogP contribution in [0.5, 0.6) is 0 Å². The lowest BCUT2D eigenvalue weighted by atomic mass is 9.90. The van der Waals surface area contributed by atoms with Crippen LogP contribution in [0.2, 0.25) is 0 Å². The fraction of sp³-hybridized carbons (Fsp3) is 0.500. The van der Waals surface area contributed by atoms with E-state index in [1.165, 1.54) is 11.3 Å². The molecule has 0 unspecified atom stereocenters. The largest absolute Gasteiger partial charge is 0.461 e. The van der Waals surface area contributed by atoms with E-state index >= 15 is 0 Å². The van der Waals surface area contributed by atoms with Crippen molar-refractivity contribution in [1.82, 2.24) is 0 Å². The molecule has 0 aliphatic heterocycles. The molecule has 0 atom stereocenters. The number of nitrogen functional groups attached to an aromatic ring is 1. The van der Waals surface area contributed by atoms with E-state index in [0.717, 1.165) is 0 Å². The van der Waals surface area contributed by atoms with E-state index < -0.39 is 0 Å². The molecule has 1 rings (SSSR count). The smallest absolute Gasteiger partial charge is 0.350 e. The number of nitrogens with zero attached hydrogens (tertiary/aromatic N) is 1. The molecule has 0 radical (unpaired) electrons. The van der Waals surface area contributed by atoms with Crippen molar-refractivity contribution >= 4 is 23.0 Å². The normalized spacial score (nSPS) is 10.9. The highest BCUT2D eigenvalue weighted by atomic mass is 32.1. The molecule has 1 heterocycles. The summed E-state index contributed by atoms with van der Waals surface area (Å²) in [5.74, 6) is -0.382. The van der Waals surface area contributed by atoms with Crippen LogP contribution in [0.15, 0.2) is 11.4 Å². The maximum absolute atomic E-state index is 11.6. The highest BCUT2D eigenvalue weighted by molar-refractivity contribution is 7.12. The van der Waals surface area contributed by atoms with E-state index in [0.29, 0.717) is 30.0 Å². The van der Waals surface area contributed by atoms with Crippen LogP contribution in [0.25, 0.3) is 0 Å². The minimum atomic E-state index is -0.382. The molecule has 0 fully saturated rings. The summed E-state index contributed by atoms with van der Waals surface area (Å²) in [4.78, 5) is 12.0. The Hall–Kier alpha value is -1.54. The quantitative estimate of drug-likeness (QED) is 0.645. The second-order valence-electron chi connectivity index (χ2n) is 4.44. The maximum atomic E-state index is 11.6. The average molecular weight is 252 g/mol. The van der Waals surface area contributed by atoms with Crippen LogP contribution in [0.1, 0.15) is 36.4 Å². The van der Waals surface area contributed by atoms with Crippen LogP contribution in [-0.2, 0) is 4.74 Å². The SMILES string of the molecule is CC(C)(C#N)CCCOC(=O)c1sccc1N. The molecule has 17 heavy (non-hydrogen) atoms. The molecular weight excluding hydrogens is 236 g/mol. The molecule has 4 nitrogen and oxygen atoms in total. The van der Waals surface area contributed by atoms with Gasteiger partial charge in [-0.3, -0.25) is 0 Å². The van der Waals surface area contributed by atoms with Gasteiger partial charge in [-0.05, 0) is 38.1 Å². The van der Waals surface area contributed by atoms with E-state index in [1.54, 1.807) is 11.4 Å². The van der Waals surface area contributed by atoms with Gasteiger partial charge in [0.1, 0.15) is 4.88 Å². The van der Waals surface area contributed by atoms with E-state index in [9.17, 15) is 4.79 Å². The molecule has 2 N–H and O–H groups in total. The average Bonchev–Trinajstić information content (AvgIpc) is 2.71. The fourth-order valence-electron chi connectivity index (χ4n) is 1.29. The van der Waals surface area contributed by atoms with Crippen LogP contribution < -0.4 is 5.73 Å². The standard InChI is InChI=1S/C12H16N2O2S/c1-12(2,8-13)5-3-6-16-11(15)10-9(14)4-7-17-10/h4,7H,3,5-6,14H2,1-2H3. The Morgan fingerprint density at radius 1 is 1.65 bits per heavy atom. The van der Waals surface area contributed by atoms with Crippen molar-refractivity contribution in [2.75, 3.05) is 12.3 Å². The highest BCUT2D eigenvalue weighted by Crippen LogP contribution is 2.22. The van der Waals surface area contributed by atoms with Crippen molar-refractivity contribution in [2.45, 2.75) is 26.7 Å². The van der Waals surface area contributed by atoms with E-state index in [-0.39, 0.29) is 11.4 Å². The molecule has 5 heteroatoms. The number of esters is 1. The first-order valence-electron chi connectivity index (χ1n) is 5.37. The topological polar surface area (TPSA) is 76.1 Å². The zero-order chi connectivity index (χ0) is 12.9. The molecule has 0 saturated carbocycles. The summed E-state index contributed by atoms with van der Waals surface area (Å²) >= 11 is 1.27. The van der Waals surface area contributed by atoms with Gasteiger partial charge in [0, 0.05) is 0 Å². The van der Waals surface area contributed by atoms with E-state index in [2.05, 4.69) is 6.07 Å². The predicted octanol–water partition coefficient (Wildman–Crippen LogP) is 2.82. The second-order valence-corrected chi connectivity index (χ2v) is 5.36. The van der Waals surface area contributed by atoms with Gasteiger partial charge in [-0.2, -0.15) is 5.26 Å². The highest BCUT2D eigenvalue weighted by Gasteiger charge is 2.17. The van der Waals surface area contributed by atoms with Crippen LogP contribution in [0.4, 0.5) is 5.69 Å². The van der Waals surface area contributed by atoms with Gasteiger partial charge in [0.2, 0.25) is 0 Å². The number of anilines is 1.